The number of hydrazine groups is 1. The number of nitrogens with one attached hydrogen (secondary N) is 4. The molecule has 6 N–H and O–H groups in total. The van der Waals surface area contributed by atoms with Gasteiger partial charge in [-0.2, -0.15) is 0 Å². The molecule has 4 aromatic rings. The van der Waals surface area contributed by atoms with Gasteiger partial charge in [0.2, 0.25) is 5.91 Å². The first-order valence-corrected chi connectivity index (χ1v) is 20.5. The quantitative estimate of drug-likeness (QED) is 0.0492. The van der Waals surface area contributed by atoms with E-state index in [2.05, 4.69) is 26.4 Å². The molecule has 0 saturated heterocycles. The molecule has 0 fully saturated rings. The molecule has 0 spiro atoms. The van der Waals surface area contributed by atoms with E-state index in [-0.39, 0.29) is 25.9 Å². The van der Waals surface area contributed by atoms with E-state index in [0.717, 1.165) is 27.9 Å². The molecule has 15 heteroatoms. The average molecular weight is 852 g/mol. The van der Waals surface area contributed by atoms with E-state index in [1.54, 1.807) is 52.7 Å². The van der Waals surface area contributed by atoms with Crippen molar-refractivity contribution in [3.05, 3.63) is 126 Å². The predicted octanol–water partition coefficient (Wildman–Crippen LogP) is 5.33. The summed E-state index contributed by atoms with van der Waals surface area (Å²) in [4.78, 5) is 72.2. The number of hydrogen-bond acceptors (Lipinski definition) is 11. The zero-order valence-corrected chi connectivity index (χ0v) is 36.8. The van der Waals surface area contributed by atoms with Crippen molar-refractivity contribution in [3.8, 4) is 11.3 Å². The minimum atomic E-state index is -1.16. The van der Waals surface area contributed by atoms with Crippen molar-refractivity contribution in [2.24, 2.45) is 16.6 Å². The van der Waals surface area contributed by atoms with Crippen LogP contribution in [0.2, 0.25) is 0 Å². The highest BCUT2D eigenvalue weighted by molar-refractivity contribution is 5.87. The highest BCUT2D eigenvalue weighted by atomic mass is 16.6. The van der Waals surface area contributed by atoms with Crippen LogP contribution in [0.3, 0.4) is 0 Å². The summed E-state index contributed by atoms with van der Waals surface area (Å²) in [6.07, 6.45) is -0.708. The summed E-state index contributed by atoms with van der Waals surface area (Å²) in [6, 6.07) is 27.6. The molecular weight excluding hydrogens is 791 g/mol. The minimum Gasteiger partial charge on any atom is -0.458 e. The molecule has 0 saturated carbocycles. The number of carbonyl (C=O) groups excluding carboxylic acids is 5. The maximum atomic E-state index is 14.4. The summed E-state index contributed by atoms with van der Waals surface area (Å²) in [5.41, 5.74) is 12.0. The van der Waals surface area contributed by atoms with Crippen molar-refractivity contribution >= 4 is 30.0 Å². The summed E-state index contributed by atoms with van der Waals surface area (Å²) < 4.78 is 16.1. The second-order valence-corrected chi connectivity index (χ2v) is 17.2. The Morgan fingerprint density at radius 2 is 1.16 bits per heavy atom. The van der Waals surface area contributed by atoms with Gasteiger partial charge in [0.15, 0.2) is 0 Å². The molecule has 3 aromatic carbocycles. The van der Waals surface area contributed by atoms with Gasteiger partial charge in [0.05, 0.1) is 32.5 Å². The molecular formula is C47H61N7O8. The minimum absolute atomic E-state index is 0.0912. The molecule has 0 aliphatic heterocycles. The number of ether oxygens (including phenoxy) is 3. The fourth-order valence-electron chi connectivity index (χ4n) is 6.67. The van der Waals surface area contributed by atoms with E-state index in [1.807, 2.05) is 103 Å². The second kappa shape index (κ2) is 22.5. The van der Waals surface area contributed by atoms with Gasteiger partial charge < -0.3 is 35.9 Å². The number of carbonyl (C=O) groups is 5. The van der Waals surface area contributed by atoms with Crippen LogP contribution in [-0.2, 0) is 48.0 Å². The lowest BCUT2D eigenvalue weighted by Crippen LogP contribution is -2.61. The van der Waals surface area contributed by atoms with Gasteiger partial charge in [-0.3, -0.25) is 24.8 Å². The number of esters is 1. The van der Waals surface area contributed by atoms with Crippen LogP contribution in [-0.4, -0.2) is 91.0 Å². The van der Waals surface area contributed by atoms with Gasteiger partial charge >= 0.3 is 18.2 Å². The Hall–Kier alpha value is -6.32. The van der Waals surface area contributed by atoms with Crippen molar-refractivity contribution in [3.63, 3.8) is 0 Å². The standard InChI is InChI=1S/C47H61N7O8/c1-46(2,3)39(51-44(58)60-7)41(55)50-37(28-32-19-13-10-14-20-32)38(62-43(57)35(48)27-31-17-11-9-12-18-31)30-54(53-42(56)40(47(4,5)6)52-45(59)61-8)29-33-22-24-34(25-23-33)36-21-15-16-26-49-36/h9-26,35,37-40H,27-30,48H2,1-8H3,(H,50,55)(H,51,58)(H,52,59)(H,53,56)/t35-,37+,38+,39-,40-/m1/s1. The molecule has 5 atom stereocenters. The van der Waals surface area contributed by atoms with E-state index < -0.39 is 71.1 Å². The summed E-state index contributed by atoms with van der Waals surface area (Å²) in [6.45, 7) is 10.7. The van der Waals surface area contributed by atoms with Crippen LogP contribution >= 0.6 is 0 Å². The molecule has 4 amide bonds. The van der Waals surface area contributed by atoms with Crippen molar-refractivity contribution in [1.82, 2.24) is 31.4 Å². The number of rotatable bonds is 18. The lowest BCUT2D eigenvalue weighted by atomic mass is 9.85. The lowest BCUT2D eigenvalue weighted by molar-refractivity contribution is -0.155. The van der Waals surface area contributed by atoms with Gasteiger partial charge in [-0.05, 0) is 52.5 Å². The number of methoxy groups -OCH3 is 2. The van der Waals surface area contributed by atoms with Crippen LogP contribution in [0.15, 0.2) is 109 Å². The molecule has 0 aliphatic rings. The van der Waals surface area contributed by atoms with Crippen LogP contribution in [0.25, 0.3) is 11.3 Å². The van der Waals surface area contributed by atoms with Crippen molar-refractivity contribution in [1.29, 1.82) is 0 Å². The predicted molar refractivity (Wildman–Crippen MR) is 236 cm³/mol. The Morgan fingerprint density at radius 1 is 0.645 bits per heavy atom. The number of amides is 4. The highest BCUT2D eigenvalue weighted by Gasteiger charge is 2.39. The Bertz CT molecular complexity index is 2060. The number of aromatic nitrogens is 1. The van der Waals surface area contributed by atoms with Crippen molar-refractivity contribution in [2.75, 3.05) is 20.8 Å². The monoisotopic (exact) mass is 851 g/mol. The zero-order chi connectivity index (χ0) is 45.5. The molecule has 0 bridgehead atoms. The van der Waals surface area contributed by atoms with Crippen LogP contribution in [0.5, 0.6) is 0 Å². The molecule has 0 radical (unpaired) electrons. The van der Waals surface area contributed by atoms with E-state index in [0.29, 0.717) is 0 Å². The average Bonchev–Trinajstić information content (AvgIpc) is 3.24. The summed E-state index contributed by atoms with van der Waals surface area (Å²) in [5, 5.41) is 9.94. The smallest absolute Gasteiger partial charge is 0.407 e. The first-order valence-electron chi connectivity index (χ1n) is 20.5. The van der Waals surface area contributed by atoms with Crippen LogP contribution < -0.4 is 27.1 Å². The number of pyridine rings is 1. The van der Waals surface area contributed by atoms with E-state index >= 15 is 0 Å². The highest BCUT2D eigenvalue weighted by Crippen LogP contribution is 2.24. The maximum Gasteiger partial charge on any atom is 0.407 e. The van der Waals surface area contributed by atoms with Gasteiger partial charge in [-0.25, -0.2) is 14.6 Å². The molecule has 4 rings (SSSR count). The molecule has 15 nitrogen and oxygen atoms in total. The number of alkyl carbamates (subject to hydrolysis) is 2. The van der Waals surface area contributed by atoms with Gasteiger partial charge in [-0.1, -0.05) is 133 Å². The number of nitrogens with zero attached hydrogens (tertiary/aromatic N) is 2. The Morgan fingerprint density at radius 3 is 1.66 bits per heavy atom. The normalized spacial score (nSPS) is 14.0. The summed E-state index contributed by atoms with van der Waals surface area (Å²) in [5.74, 6) is -1.87. The second-order valence-electron chi connectivity index (χ2n) is 17.2. The SMILES string of the molecule is COC(=O)N[C@H](C(=O)N[C@@H](Cc1ccccc1)[C@H](CN(Cc1ccc(-c2ccccn2)cc1)NC(=O)[C@@H](NC(=O)OC)C(C)(C)C)OC(=O)[C@H](N)Cc1ccccc1)C(C)(C)C. The fraction of sp³-hybridized carbons (Fsp3) is 0.404. The topological polar surface area (TPSA) is 203 Å². The Kier molecular flexibility index (Phi) is 17.5. The molecule has 0 aliphatic carbocycles. The van der Waals surface area contributed by atoms with E-state index in [9.17, 15) is 24.0 Å². The molecule has 0 unspecified atom stereocenters. The Balaban J connectivity index is 1.81. The van der Waals surface area contributed by atoms with Crippen molar-refractivity contribution < 1.29 is 38.2 Å². The van der Waals surface area contributed by atoms with Gasteiger partial charge in [0, 0.05) is 18.3 Å². The van der Waals surface area contributed by atoms with Crippen LogP contribution in [0, 0.1) is 10.8 Å². The fourth-order valence-corrected chi connectivity index (χ4v) is 6.67. The van der Waals surface area contributed by atoms with Gasteiger partial charge in [-0.15, -0.1) is 0 Å². The van der Waals surface area contributed by atoms with Crippen molar-refractivity contribution in [2.45, 2.75) is 91.2 Å². The van der Waals surface area contributed by atoms with Crippen LogP contribution in [0.4, 0.5) is 9.59 Å². The molecule has 62 heavy (non-hydrogen) atoms. The zero-order valence-electron chi connectivity index (χ0n) is 36.8. The molecule has 1 aromatic heterocycles. The maximum absolute atomic E-state index is 14.4. The number of benzene rings is 3. The first kappa shape index (κ1) is 48.3. The third kappa shape index (κ3) is 15.0. The van der Waals surface area contributed by atoms with Gasteiger partial charge in [0.25, 0.3) is 5.91 Å². The summed E-state index contributed by atoms with van der Waals surface area (Å²) >= 11 is 0. The number of nitrogens with two attached hydrogens (primary N) is 1. The van der Waals surface area contributed by atoms with E-state index in [4.69, 9.17) is 19.9 Å². The first-order chi connectivity index (χ1) is 29.4. The lowest BCUT2D eigenvalue weighted by Gasteiger charge is -2.37. The number of hydrogen-bond donors (Lipinski definition) is 5. The third-order valence-corrected chi connectivity index (χ3v) is 10.1. The van der Waals surface area contributed by atoms with Gasteiger partial charge in [0.1, 0.15) is 24.2 Å². The largest absolute Gasteiger partial charge is 0.458 e. The Labute approximate surface area is 364 Å². The summed E-state index contributed by atoms with van der Waals surface area (Å²) in [7, 11) is 2.42. The van der Waals surface area contributed by atoms with Crippen LogP contribution in [0.1, 0.15) is 58.2 Å². The van der Waals surface area contributed by atoms with E-state index in [1.165, 1.54) is 14.2 Å². The molecule has 332 valence electrons. The third-order valence-electron chi connectivity index (χ3n) is 10.1. The molecule has 1 heterocycles.